The van der Waals surface area contributed by atoms with Crippen LogP contribution < -0.4 is 4.90 Å². The first-order chi connectivity index (χ1) is 11.6. The van der Waals surface area contributed by atoms with Gasteiger partial charge in [0.05, 0.1) is 11.3 Å². The number of nitrogens with zero attached hydrogens (tertiary/aromatic N) is 3. The van der Waals surface area contributed by atoms with Crippen LogP contribution in [0.3, 0.4) is 0 Å². The number of benzene rings is 1. The van der Waals surface area contributed by atoms with Gasteiger partial charge >= 0.3 is 6.18 Å². The molecule has 5 nitrogen and oxygen atoms in total. The Morgan fingerprint density at radius 2 is 1.80 bits per heavy atom. The Morgan fingerprint density at radius 3 is 2.32 bits per heavy atom. The summed E-state index contributed by atoms with van der Waals surface area (Å²) in [6.07, 6.45) is -4.69. The van der Waals surface area contributed by atoms with E-state index in [1.165, 1.54) is 6.07 Å². The Balaban J connectivity index is 2.27. The molecule has 0 bridgehead atoms. The number of carbonyl (C=O) groups excluding carboxylic acids is 2. The zero-order valence-corrected chi connectivity index (χ0v) is 14.7. The van der Waals surface area contributed by atoms with Crippen molar-refractivity contribution in [2.24, 2.45) is 0 Å². The average Bonchev–Trinajstić information content (AvgIpc) is 2.52. The van der Waals surface area contributed by atoms with Gasteiger partial charge in [-0.25, -0.2) is 0 Å². The van der Waals surface area contributed by atoms with Crippen LogP contribution in [0.2, 0.25) is 5.02 Å². The van der Waals surface area contributed by atoms with Crippen molar-refractivity contribution in [3.05, 3.63) is 28.8 Å². The van der Waals surface area contributed by atoms with Crippen molar-refractivity contribution in [3.8, 4) is 0 Å². The third kappa shape index (κ3) is 4.85. The van der Waals surface area contributed by atoms with Crippen LogP contribution in [-0.2, 0) is 15.8 Å². The summed E-state index contributed by atoms with van der Waals surface area (Å²) in [5.41, 5.74) is -1.41. The molecule has 1 aromatic carbocycles. The van der Waals surface area contributed by atoms with E-state index in [9.17, 15) is 22.8 Å². The number of amides is 2. The molecule has 0 aromatic heterocycles. The van der Waals surface area contributed by atoms with Gasteiger partial charge < -0.3 is 14.7 Å². The highest BCUT2D eigenvalue weighted by atomic mass is 35.5. The van der Waals surface area contributed by atoms with Gasteiger partial charge in [-0.2, -0.15) is 13.2 Å². The molecule has 2 rings (SSSR count). The van der Waals surface area contributed by atoms with E-state index in [4.69, 9.17) is 11.6 Å². The highest BCUT2D eigenvalue weighted by Crippen LogP contribution is 2.38. The van der Waals surface area contributed by atoms with Crippen molar-refractivity contribution in [1.29, 1.82) is 0 Å². The zero-order chi connectivity index (χ0) is 18.8. The number of halogens is 4. The fraction of sp³-hybridized carbons (Fsp3) is 0.500. The van der Waals surface area contributed by atoms with Gasteiger partial charge in [-0.3, -0.25) is 9.59 Å². The molecule has 9 heteroatoms. The zero-order valence-electron chi connectivity index (χ0n) is 13.9. The van der Waals surface area contributed by atoms with E-state index >= 15 is 0 Å². The normalized spacial score (nSPS) is 16.0. The number of rotatable bonds is 3. The Hall–Kier alpha value is -1.80. The number of anilines is 1. The van der Waals surface area contributed by atoms with Crippen molar-refractivity contribution in [2.45, 2.75) is 13.1 Å². The van der Waals surface area contributed by atoms with E-state index in [0.717, 1.165) is 24.0 Å². The monoisotopic (exact) mass is 377 g/mol. The van der Waals surface area contributed by atoms with Gasteiger partial charge in [0.25, 0.3) is 0 Å². The lowest BCUT2D eigenvalue weighted by atomic mass is 10.1. The Labute approximate surface area is 148 Å². The van der Waals surface area contributed by atoms with Crippen LogP contribution in [0, 0.1) is 0 Å². The molecule has 0 atom stereocenters. The summed E-state index contributed by atoms with van der Waals surface area (Å²) in [6.45, 7) is 3.01. The van der Waals surface area contributed by atoms with Gasteiger partial charge in [-0.05, 0) is 25.2 Å². The summed E-state index contributed by atoms with van der Waals surface area (Å²) in [6, 6.07) is 3.14. The molecule has 0 aliphatic carbocycles. The average molecular weight is 378 g/mol. The molecule has 0 spiro atoms. The lowest BCUT2D eigenvalue weighted by molar-refractivity contribution is -0.138. The van der Waals surface area contributed by atoms with Crippen LogP contribution in [0.1, 0.15) is 12.5 Å². The van der Waals surface area contributed by atoms with Crippen molar-refractivity contribution in [1.82, 2.24) is 9.80 Å². The number of hydrogen-bond acceptors (Lipinski definition) is 3. The molecule has 138 valence electrons. The van der Waals surface area contributed by atoms with E-state index < -0.39 is 24.2 Å². The number of carbonyl (C=O) groups is 2. The summed E-state index contributed by atoms with van der Waals surface area (Å²) in [5, 5.41) is -0.0926. The number of likely N-dealkylation sites (N-methyl/N-ethyl adjacent to an activating group) is 1. The standard InChI is InChI=1S/C16H19ClF3N3O2/c1-11(24)23(10-15(25)22-7-5-21(2)6-8-22)14-4-3-12(17)9-13(14)16(18,19)20/h3-4,9H,5-8,10H2,1-2H3. The van der Waals surface area contributed by atoms with Crippen LogP contribution in [0.25, 0.3) is 0 Å². The van der Waals surface area contributed by atoms with Crippen LogP contribution >= 0.6 is 11.6 Å². The minimum absolute atomic E-state index is 0.0926. The Bertz CT molecular complexity index is 659. The molecule has 2 amide bonds. The van der Waals surface area contributed by atoms with E-state index in [2.05, 4.69) is 0 Å². The van der Waals surface area contributed by atoms with Gasteiger partial charge in [-0.15, -0.1) is 0 Å². The lowest BCUT2D eigenvalue weighted by Gasteiger charge is -2.34. The third-order valence-electron chi connectivity index (χ3n) is 4.08. The van der Waals surface area contributed by atoms with Gasteiger partial charge in [0.1, 0.15) is 6.54 Å². The van der Waals surface area contributed by atoms with Gasteiger partial charge in [0, 0.05) is 38.1 Å². The summed E-state index contributed by atoms with van der Waals surface area (Å²) in [5.74, 6) is -1.03. The first-order valence-corrected chi connectivity index (χ1v) is 8.08. The lowest BCUT2D eigenvalue weighted by Crippen LogP contribution is -2.50. The van der Waals surface area contributed by atoms with Gasteiger partial charge in [0.2, 0.25) is 11.8 Å². The number of alkyl halides is 3. The second-order valence-corrected chi connectivity index (χ2v) is 6.38. The van der Waals surface area contributed by atoms with Crippen LogP contribution in [-0.4, -0.2) is 61.4 Å². The van der Waals surface area contributed by atoms with Crippen LogP contribution in [0.15, 0.2) is 18.2 Å². The Morgan fingerprint density at radius 1 is 1.20 bits per heavy atom. The molecule has 1 fully saturated rings. The third-order valence-corrected chi connectivity index (χ3v) is 4.32. The summed E-state index contributed by atoms with van der Waals surface area (Å²) in [4.78, 5) is 28.8. The van der Waals surface area contributed by atoms with E-state index in [0.29, 0.717) is 26.2 Å². The van der Waals surface area contributed by atoms with Crippen LogP contribution in [0.4, 0.5) is 18.9 Å². The Kier molecular flexibility index (Phi) is 5.95. The maximum atomic E-state index is 13.3. The largest absolute Gasteiger partial charge is 0.418 e. The fourth-order valence-corrected chi connectivity index (χ4v) is 2.80. The molecule has 1 aliphatic heterocycles. The van der Waals surface area contributed by atoms with Crippen molar-refractivity contribution in [2.75, 3.05) is 44.7 Å². The topological polar surface area (TPSA) is 43.9 Å². The summed E-state index contributed by atoms with van der Waals surface area (Å²) < 4.78 is 39.9. The van der Waals surface area contributed by atoms with Crippen molar-refractivity contribution >= 4 is 29.1 Å². The minimum atomic E-state index is -4.69. The first-order valence-electron chi connectivity index (χ1n) is 7.70. The highest BCUT2D eigenvalue weighted by Gasteiger charge is 2.36. The number of piperazine rings is 1. The maximum absolute atomic E-state index is 13.3. The first kappa shape index (κ1) is 19.5. The molecule has 1 aromatic rings. The molecule has 25 heavy (non-hydrogen) atoms. The molecule has 1 saturated heterocycles. The van der Waals surface area contributed by atoms with Crippen molar-refractivity contribution < 1.29 is 22.8 Å². The number of hydrogen-bond donors (Lipinski definition) is 0. The van der Waals surface area contributed by atoms with E-state index in [1.54, 1.807) is 4.90 Å². The molecule has 0 N–H and O–H groups in total. The minimum Gasteiger partial charge on any atom is -0.339 e. The quantitative estimate of drug-likeness (QED) is 0.813. The molecule has 0 saturated carbocycles. The predicted molar refractivity (Wildman–Crippen MR) is 88.6 cm³/mol. The maximum Gasteiger partial charge on any atom is 0.418 e. The summed E-state index contributed by atoms with van der Waals surface area (Å²) in [7, 11) is 1.92. The highest BCUT2D eigenvalue weighted by molar-refractivity contribution is 6.30. The van der Waals surface area contributed by atoms with E-state index in [1.807, 2.05) is 11.9 Å². The fourth-order valence-electron chi connectivity index (χ4n) is 2.63. The molecular weight excluding hydrogens is 359 g/mol. The second-order valence-electron chi connectivity index (χ2n) is 5.95. The summed E-state index contributed by atoms with van der Waals surface area (Å²) >= 11 is 5.67. The smallest absolute Gasteiger partial charge is 0.339 e. The van der Waals surface area contributed by atoms with E-state index in [-0.39, 0.29) is 16.6 Å². The van der Waals surface area contributed by atoms with Crippen molar-refractivity contribution in [3.63, 3.8) is 0 Å². The van der Waals surface area contributed by atoms with Crippen LogP contribution in [0.5, 0.6) is 0 Å². The molecule has 1 heterocycles. The molecular formula is C16H19ClF3N3O2. The second kappa shape index (κ2) is 7.61. The molecule has 0 radical (unpaired) electrons. The SMILES string of the molecule is CC(=O)N(CC(=O)N1CCN(C)CC1)c1ccc(Cl)cc1C(F)(F)F. The molecule has 0 unspecified atom stereocenters. The van der Waals surface area contributed by atoms with Gasteiger partial charge in [0.15, 0.2) is 0 Å². The molecule has 1 aliphatic rings. The van der Waals surface area contributed by atoms with Gasteiger partial charge in [-0.1, -0.05) is 11.6 Å². The predicted octanol–water partition coefficient (Wildman–Crippen LogP) is 2.49.